The highest BCUT2D eigenvalue weighted by Crippen LogP contribution is 2.25. The second kappa shape index (κ2) is 4.82. The average molecular weight is 281 g/mol. The molecule has 1 aromatic heterocycles. The van der Waals surface area contributed by atoms with Gasteiger partial charge in [-0.05, 0) is 31.2 Å². The van der Waals surface area contributed by atoms with Crippen molar-refractivity contribution in [2.45, 2.75) is 6.92 Å². The molecule has 0 amide bonds. The molecule has 3 rings (SSSR count). The molecule has 6 nitrogen and oxygen atoms in total. The fraction of sp³-hybridized carbons (Fsp3) is 0.0667. The Hall–Kier alpha value is -3.02. The minimum atomic E-state index is -0.542. The Morgan fingerprint density at radius 1 is 1.24 bits per heavy atom. The van der Waals surface area contributed by atoms with Gasteiger partial charge in [0, 0.05) is 6.07 Å². The molecule has 0 aliphatic carbocycles. The number of ketones is 1. The number of nitrogens with zero attached hydrogens (tertiary/aromatic N) is 3. The van der Waals surface area contributed by atoms with Gasteiger partial charge in [-0.3, -0.25) is 19.5 Å². The lowest BCUT2D eigenvalue weighted by Gasteiger charge is -2.06. The Kier molecular flexibility index (Phi) is 2.98. The molecule has 0 fully saturated rings. The molecule has 0 unspecified atom stereocenters. The van der Waals surface area contributed by atoms with E-state index in [0.29, 0.717) is 5.69 Å². The van der Waals surface area contributed by atoms with Gasteiger partial charge in [0.25, 0.3) is 5.69 Å². The van der Waals surface area contributed by atoms with E-state index in [1.807, 2.05) is 24.3 Å². The predicted molar refractivity (Wildman–Crippen MR) is 77.7 cm³/mol. The van der Waals surface area contributed by atoms with Crippen LogP contribution in [0.5, 0.6) is 0 Å². The number of hydrogen-bond acceptors (Lipinski definition) is 4. The van der Waals surface area contributed by atoms with E-state index in [2.05, 4.69) is 4.98 Å². The number of aromatic nitrogens is 2. The standard InChI is InChI=1S/C15H11N3O3/c1-10(19)12-7-6-11(8-15(12)18(20)21)17-9-16-13-4-2-3-5-14(13)17/h2-9H,1H3. The van der Waals surface area contributed by atoms with Crippen molar-refractivity contribution >= 4 is 22.5 Å². The van der Waals surface area contributed by atoms with Crippen LogP contribution in [0.2, 0.25) is 0 Å². The van der Waals surface area contributed by atoms with Crippen molar-refractivity contribution in [3.63, 3.8) is 0 Å². The van der Waals surface area contributed by atoms with E-state index in [1.165, 1.54) is 19.1 Å². The van der Waals surface area contributed by atoms with Gasteiger partial charge in [0.05, 0.1) is 27.2 Å². The molecule has 6 heteroatoms. The van der Waals surface area contributed by atoms with Crippen molar-refractivity contribution < 1.29 is 9.72 Å². The Bertz CT molecular complexity index is 867. The molecular weight excluding hydrogens is 270 g/mol. The zero-order chi connectivity index (χ0) is 15.0. The summed E-state index contributed by atoms with van der Waals surface area (Å²) in [5.74, 6) is -0.330. The minimum absolute atomic E-state index is 0.105. The minimum Gasteiger partial charge on any atom is -0.299 e. The van der Waals surface area contributed by atoms with Crippen molar-refractivity contribution in [2.24, 2.45) is 0 Å². The van der Waals surface area contributed by atoms with Crippen molar-refractivity contribution in [1.29, 1.82) is 0 Å². The highest BCUT2D eigenvalue weighted by molar-refractivity contribution is 5.98. The molecule has 0 bridgehead atoms. The lowest BCUT2D eigenvalue weighted by molar-refractivity contribution is -0.385. The van der Waals surface area contributed by atoms with E-state index < -0.39 is 4.92 Å². The van der Waals surface area contributed by atoms with Gasteiger partial charge >= 0.3 is 0 Å². The number of imidazole rings is 1. The largest absolute Gasteiger partial charge is 0.299 e. The third-order valence-electron chi connectivity index (χ3n) is 3.29. The van der Waals surface area contributed by atoms with Gasteiger partial charge in [-0.2, -0.15) is 0 Å². The van der Waals surface area contributed by atoms with Crippen LogP contribution >= 0.6 is 0 Å². The highest BCUT2D eigenvalue weighted by atomic mass is 16.6. The molecule has 1 heterocycles. The van der Waals surface area contributed by atoms with E-state index >= 15 is 0 Å². The number of fused-ring (bicyclic) bond motifs is 1. The number of nitro benzene ring substituents is 1. The van der Waals surface area contributed by atoms with Crippen LogP contribution in [0.25, 0.3) is 16.7 Å². The van der Waals surface area contributed by atoms with Gasteiger partial charge in [-0.15, -0.1) is 0 Å². The summed E-state index contributed by atoms with van der Waals surface area (Å²) in [5.41, 5.74) is 2.16. The van der Waals surface area contributed by atoms with Crippen LogP contribution in [0.1, 0.15) is 17.3 Å². The molecule has 0 atom stereocenters. The molecule has 2 aromatic carbocycles. The van der Waals surface area contributed by atoms with Crippen LogP contribution in [-0.4, -0.2) is 20.3 Å². The topological polar surface area (TPSA) is 78.0 Å². The summed E-state index contributed by atoms with van der Waals surface area (Å²) in [5, 5.41) is 11.1. The fourth-order valence-corrected chi connectivity index (χ4v) is 2.28. The maximum atomic E-state index is 11.5. The fourth-order valence-electron chi connectivity index (χ4n) is 2.28. The van der Waals surface area contributed by atoms with E-state index in [0.717, 1.165) is 11.0 Å². The number of carbonyl (C=O) groups excluding carboxylic acids is 1. The lowest BCUT2D eigenvalue weighted by atomic mass is 10.1. The smallest absolute Gasteiger partial charge is 0.282 e. The number of carbonyl (C=O) groups is 1. The first-order valence-corrected chi connectivity index (χ1v) is 6.30. The maximum Gasteiger partial charge on any atom is 0.282 e. The number of rotatable bonds is 3. The molecule has 0 aliphatic rings. The van der Waals surface area contributed by atoms with Gasteiger partial charge in [0.15, 0.2) is 5.78 Å². The first-order valence-electron chi connectivity index (χ1n) is 6.30. The first-order chi connectivity index (χ1) is 10.1. The second-order valence-electron chi connectivity index (χ2n) is 4.62. The molecular formula is C15H11N3O3. The third kappa shape index (κ3) is 2.16. The Labute approximate surface area is 119 Å². The summed E-state index contributed by atoms with van der Waals surface area (Å²) < 4.78 is 1.76. The van der Waals surface area contributed by atoms with Crippen LogP contribution in [0.15, 0.2) is 48.8 Å². The lowest BCUT2D eigenvalue weighted by Crippen LogP contribution is -2.02. The molecule has 0 saturated heterocycles. The number of Topliss-reactive ketones (excluding diaryl/α,β-unsaturated/α-hetero) is 1. The van der Waals surface area contributed by atoms with Gasteiger partial charge in [0.1, 0.15) is 6.33 Å². The zero-order valence-electron chi connectivity index (χ0n) is 11.2. The number of benzene rings is 2. The van der Waals surface area contributed by atoms with Crippen LogP contribution in [0.4, 0.5) is 5.69 Å². The van der Waals surface area contributed by atoms with Crippen molar-refractivity contribution in [3.05, 3.63) is 64.5 Å². The molecule has 104 valence electrons. The first kappa shape index (κ1) is 13.0. The Morgan fingerprint density at radius 2 is 2.00 bits per heavy atom. The molecule has 3 aromatic rings. The maximum absolute atomic E-state index is 11.5. The van der Waals surface area contributed by atoms with Crippen molar-refractivity contribution in [2.75, 3.05) is 0 Å². The monoisotopic (exact) mass is 281 g/mol. The average Bonchev–Trinajstić information content (AvgIpc) is 2.90. The summed E-state index contributed by atoms with van der Waals surface area (Å²) in [6, 6.07) is 12.0. The van der Waals surface area contributed by atoms with Crippen LogP contribution in [0, 0.1) is 10.1 Å². The van der Waals surface area contributed by atoms with Gasteiger partial charge in [-0.1, -0.05) is 12.1 Å². The molecule has 0 saturated carbocycles. The van der Waals surface area contributed by atoms with E-state index in [9.17, 15) is 14.9 Å². The van der Waals surface area contributed by atoms with E-state index in [4.69, 9.17) is 0 Å². The van der Waals surface area contributed by atoms with Crippen LogP contribution in [0.3, 0.4) is 0 Å². The van der Waals surface area contributed by atoms with Crippen LogP contribution < -0.4 is 0 Å². The SMILES string of the molecule is CC(=O)c1ccc(-n2cnc3ccccc32)cc1[N+](=O)[O-]. The van der Waals surface area contributed by atoms with E-state index in [-0.39, 0.29) is 17.0 Å². The second-order valence-corrected chi connectivity index (χ2v) is 4.62. The molecule has 0 spiro atoms. The summed E-state index contributed by atoms with van der Waals surface area (Å²) in [6.07, 6.45) is 1.61. The summed E-state index contributed by atoms with van der Waals surface area (Å²) in [4.78, 5) is 26.3. The van der Waals surface area contributed by atoms with Crippen molar-refractivity contribution in [1.82, 2.24) is 9.55 Å². The van der Waals surface area contributed by atoms with Gasteiger partial charge in [-0.25, -0.2) is 4.98 Å². The van der Waals surface area contributed by atoms with Crippen LogP contribution in [-0.2, 0) is 0 Å². The van der Waals surface area contributed by atoms with Gasteiger partial charge < -0.3 is 0 Å². The van der Waals surface area contributed by atoms with Crippen molar-refractivity contribution in [3.8, 4) is 5.69 Å². The Morgan fingerprint density at radius 3 is 2.71 bits per heavy atom. The van der Waals surface area contributed by atoms with Gasteiger partial charge in [0.2, 0.25) is 0 Å². The molecule has 21 heavy (non-hydrogen) atoms. The van der Waals surface area contributed by atoms with E-state index in [1.54, 1.807) is 17.0 Å². The molecule has 0 aliphatic heterocycles. The summed E-state index contributed by atoms with van der Waals surface area (Å²) in [7, 11) is 0. The molecule has 0 N–H and O–H groups in total. The third-order valence-corrected chi connectivity index (χ3v) is 3.29. The quantitative estimate of drug-likeness (QED) is 0.419. The Balaban J connectivity index is 2.22. The number of nitro groups is 1. The number of hydrogen-bond donors (Lipinski definition) is 0. The summed E-state index contributed by atoms with van der Waals surface area (Å²) in [6.45, 7) is 1.31. The predicted octanol–water partition coefficient (Wildman–Crippen LogP) is 3.14. The molecule has 0 radical (unpaired) electrons. The summed E-state index contributed by atoms with van der Waals surface area (Å²) >= 11 is 0. The normalized spacial score (nSPS) is 10.7. The zero-order valence-corrected chi connectivity index (χ0v) is 11.2. The highest BCUT2D eigenvalue weighted by Gasteiger charge is 2.18. The number of para-hydroxylation sites is 2.